The molecule has 0 aliphatic carbocycles. The van der Waals surface area contributed by atoms with Gasteiger partial charge in [-0.1, -0.05) is 12.8 Å². The molecule has 2 heteroatoms. The summed E-state index contributed by atoms with van der Waals surface area (Å²) in [7, 11) is 2.73. The first-order valence-electron chi connectivity index (χ1n) is 3.32. The predicted octanol–water partition coefficient (Wildman–Crippen LogP) is 1.38. The molecule has 0 amide bonds. The van der Waals surface area contributed by atoms with Crippen molar-refractivity contribution in [2.24, 2.45) is 5.73 Å². The van der Waals surface area contributed by atoms with Crippen LogP contribution in [0, 0.1) is 0 Å². The molecule has 0 aliphatic rings. The SMILES string of the molecule is NCCCCCCP. The van der Waals surface area contributed by atoms with Crippen LogP contribution in [0.3, 0.4) is 0 Å². The number of rotatable bonds is 5. The van der Waals surface area contributed by atoms with Gasteiger partial charge in [0.05, 0.1) is 0 Å². The van der Waals surface area contributed by atoms with Crippen molar-refractivity contribution in [3.8, 4) is 0 Å². The van der Waals surface area contributed by atoms with E-state index in [1.54, 1.807) is 0 Å². The van der Waals surface area contributed by atoms with E-state index in [9.17, 15) is 0 Å². The van der Waals surface area contributed by atoms with Crippen molar-refractivity contribution in [1.82, 2.24) is 0 Å². The number of hydrogen-bond donors (Lipinski definition) is 1. The van der Waals surface area contributed by atoms with Gasteiger partial charge in [0.1, 0.15) is 0 Å². The Labute approximate surface area is 54.2 Å². The smallest absolute Gasteiger partial charge is 0.00773 e. The molecule has 50 valence electrons. The second-order valence-electron chi connectivity index (χ2n) is 1.99. The summed E-state index contributed by atoms with van der Waals surface area (Å²) in [6, 6.07) is 0. The quantitative estimate of drug-likeness (QED) is 0.445. The fourth-order valence-electron chi connectivity index (χ4n) is 0.642. The van der Waals surface area contributed by atoms with Crippen molar-refractivity contribution in [1.29, 1.82) is 0 Å². The van der Waals surface area contributed by atoms with E-state index in [0.717, 1.165) is 6.54 Å². The van der Waals surface area contributed by atoms with Crippen LogP contribution in [-0.4, -0.2) is 12.7 Å². The van der Waals surface area contributed by atoms with Crippen LogP contribution in [0.5, 0.6) is 0 Å². The van der Waals surface area contributed by atoms with Crippen LogP contribution in [0.4, 0.5) is 0 Å². The molecule has 8 heavy (non-hydrogen) atoms. The van der Waals surface area contributed by atoms with E-state index in [2.05, 4.69) is 9.24 Å². The maximum Gasteiger partial charge on any atom is -0.00773 e. The summed E-state index contributed by atoms with van der Waals surface area (Å²) in [5.41, 5.74) is 5.31. The topological polar surface area (TPSA) is 26.0 Å². The van der Waals surface area contributed by atoms with Crippen molar-refractivity contribution >= 4 is 9.24 Å². The van der Waals surface area contributed by atoms with Crippen LogP contribution in [0.2, 0.25) is 0 Å². The molecular weight excluding hydrogens is 117 g/mol. The standard InChI is InChI=1S/C6H16NP/c7-5-3-1-2-4-6-8/h1-8H2. The Morgan fingerprint density at radius 3 is 2.12 bits per heavy atom. The van der Waals surface area contributed by atoms with Crippen molar-refractivity contribution < 1.29 is 0 Å². The van der Waals surface area contributed by atoms with Gasteiger partial charge in [0.15, 0.2) is 0 Å². The molecule has 1 unspecified atom stereocenters. The van der Waals surface area contributed by atoms with E-state index in [1.807, 2.05) is 0 Å². The molecule has 0 fully saturated rings. The van der Waals surface area contributed by atoms with Crippen LogP contribution in [-0.2, 0) is 0 Å². The zero-order valence-corrected chi connectivity index (χ0v) is 6.55. The van der Waals surface area contributed by atoms with E-state index >= 15 is 0 Å². The van der Waals surface area contributed by atoms with Crippen LogP contribution in [0.1, 0.15) is 25.7 Å². The maximum atomic E-state index is 5.31. The summed E-state index contributed by atoms with van der Waals surface area (Å²) in [5, 5.41) is 0. The number of hydrogen-bond acceptors (Lipinski definition) is 1. The Balaban J connectivity index is 2.53. The fraction of sp³-hybridized carbons (Fsp3) is 1.00. The second-order valence-corrected chi connectivity index (χ2v) is 2.57. The summed E-state index contributed by atoms with van der Waals surface area (Å²) in [6.07, 6.45) is 6.44. The van der Waals surface area contributed by atoms with Crippen molar-refractivity contribution in [2.75, 3.05) is 12.7 Å². The molecule has 0 aromatic rings. The molecule has 0 aliphatic heterocycles. The van der Waals surface area contributed by atoms with Gasteiger partial charge in [-0.3, -0.25) is 0 Å². The normalized spacial score (nSPS) is 9.75. The minimum absolute atomic E-state index is 0.858. The van der Waals surface area contributed by atoms with Gasteiger partial charge in [-0.2, -0.15) is 0 Å². The minimum Gasteiger partial charge on any atom is -0.330 e. The zero-order chi connectivity index (χ0) is 6.24. The molecule has 0 saturated carbocycles. The van der Waals surface area contributed by atoms with Gasteiger partial charge in [0.2, 0.25) is 0 Å². The lowest BCUT2D eigenvalue weighted by Gasteiger charge is -1.93. The highest BCUT2D eigenvalue weighted by atomic mass is 31.0. The number of unbranched alkanes of at least 4 members (excludes halogenated alkanes) is 3. The molecule has 0 aromatic heterocycles. The lowest BCUT2D eigenvalue weighted by Crippen LogP contribution is -1.97. The van der Waals surface area contributed by atoms with Gasteiger partial charge < -0.3 is 5.73 Å². The van der Waals surface area contributed by atoms with Gasteiger partial charge in [0.25, 0.3) is 0 Å². The summed E-state index contributed by atoms with van der Waals surface area (Å²) >= 11 is 0. The van der Waals surface area contributed by atoms with Crippen LogP contribution < -0.4 is 5.73 Å². The van der Waals surface area contributed by atoms with E-state index < -0.39 is 0 Å². The average Bonchev–Trinajstić information content (AvgIpc) is 1.81. The molecule has 2 N–H and O–H groups in total. The first-order chi connectivity index (χ1) is 3.91. The Morgan fingerprint density at radius 1 is 1.00 bits per heavy atom. The third-order valence-corrected chi connectivity index (χ3v) is 1.57. The number of nitrogens with two attached hydrogens (primary N) is 1. The van der Waals surface area contributed by atoms with E-state index in [4.69, 9.17) is 5.73 Å². The lowest BCUT2D eigenvalue weighted by atomic mass is 10.2. The highest BCUT2D eigenvalue weighted by Crippen LogP contribution is 1.99. The molecule has 0 bridgehead atoms. The first kappa shape index (κ1) is 8.39. The Bertz CT molecular complexity index is 33.5. The summed E-state index contributed by atoms with van der Waals surface area (Å²) in [4.78, 5) is 0. The lowest BCUT2D eigenvalue weighted by molar-refractivity contribution is 0.678. The summed E-state index contributed by atoms with van der Waals surface area (Å²) in [6.45, 7) is 0.858. The Kier molecular flexibility index (Phi) is 7.75. The van der Waals surface area contributed by atoms with Gasteiger partial charge in [-0.15, -0.1) is 9.24 Å². The Hall–Kier alpha value is 0.390. The molecule has 0 heterocycles. The van der Waals surface area contributed by atoms with E-state index in [1.165, 1.54) is 31.8 Å². The fourth-order valence-corrected chi connectivity index (χ4v) is 0.931. The highest BCUT2D eigenvalue weighted by molar-refractivity contribution is 7.16. The summed E-state index contributed by atoms with van der Waals surface area (Å²) < 4.78 is 0. The van der Waals surface area contributed by atoms with E-state index in [-0.39, 0.29) is 0 Å². The van der Waals surface area contributed by atoms with Crippen LogP contribution in [0.15, 0.2) is 0 Å². The van der Waals surface area contributed by atoms with Gasteiger partial charge >= 0.3 is 0 Å². The van der Waals surface area contributed by atoms with Crippen LogP contribution >= 0.6 is 9.24 Å². The highest BCUT2D eigenvalue weighted by Gasteiger charge is 1.83. The molecule has 1 atom stereocenters. The second kappa shape index (κ2) is 7.39. The predicted molar refractivity (Wildman–Crippen MR) is 42.1 cm³/mol. The molecule has 0 spiro atoms. The molecule has 0 aromatic carbocycles. The van der Waals surface area contributed by atoms with Gasteiger partial charge in [-0.05, 0) is 25.5 Å². The third kappa shape index (κ3) is 6.39. The van der Waals surface area contributed by atoms with Crippen LogP contribution in [0.25, 0.3) is 0 Å². The van der Waals surface area contributed by atoms with Crippen molar-refractivity contribution in [3.63, 3.8) is 0 Å². The third-order valence-electron chi connectivity index (χ3n) is 1.16. The van der Waals surface area contributed by atoms with Crippen molar-refractivity contribution in [2.45, 2.75) is 25.7 Å². The Morgan fingerprint density at radius 2 is 1.62 bits per heavy atom. The first-order valence-corrected chi connectivity index (χ1v) is 4.13. The molecule has 0 radical (unpaired) electrons. The monoisotopic (exact) mass is 133 g/mol. The molecule has 1 nitrogen and oxygen atoms in total. The molecule has 0 saturated heterocycles. The van der Waals surface area contributed by atoms with Gasteiger partial charge in [0, 0.05) is 0 Å². The van der Waals surface area contributed by atoms with Gasteiger partial charge in [-0.25, -0.2) is 0 Å². The molecular formula is C6H16NP. The summed E-state index contributed by atoms with van der Waals surface area (Å²) in [5.74, 6) is 0. The average molecular weight is 133 g/mol. The largest absolute Gasteiger partial charge is 0.330 e. The van der Waals surface area contributed by atoms with Crippen molar-refractivity contribution in [3.05, 3.63) is 0 Å². The van der Waals surface area contributed by atoms with E-state index in [0.29, 0.717) is 0 Å². The molecule has 0 rings (SSSR count). The zero-order valence-electron chi connectivity index (χ0n) is 5.40. The minimum atomic E-state index is 0.858. The maximum absolute atomic E-state index is 5.31.